The first kappa shape index (κ1) is 18.7. The van der Waals surface area contributed by atoms with Gasteiger partial charge in [-0.25, -0.2) is 0 Å². The third-order valence-electron chi connectivity index (χ3n) is 5.58. The van der Waals surface area contributed by atoms with Crippen LogP contribution in [0.4, 0.5) is 0 Å². The monoisotopic (exact) mass is 358 g/mol. The Morgan fingerprint density at radius 3 is 2.31 bits per heavy atom. The van der Waals surface area contributed by atoms with Crippen molar-refractivity contribution in [3.8, 4) is 5.75 Å². The molecule has 0 bridgehead atoms. The fourth-order valence-corrected chi connectivity index (χ4v) is 3.98. The van der Waals surface area contributed by atoms with E-state index in [4.69, 9.17) is 4.74 Å². The number of piperazine rings is 1. The lowest BCUT2D eigenvalue weighted by atomic mass is 9.88. The van der Waals surface area contributed by atoms with Crippen molar-refractivity contribution in [1.29, 1.82) is 0 Å². The second kappa shape index (κ2) is 8.56. The first-order chi connectivity index (χ1) is 12.5. The van der Waals surface area contributed by atoms with E-state index in [1.807, 2.05) is 35.8 Å². The summed E-state index contributed by atoms with van der Waals surface area (Å²) in [5.41, 5.74) is 2.22. The average molecular weight is 358 g/mol. The Bertz CT molecular complexity index is 645. The summed E-state index contributed by atoms with van der Waals surface area (Å²) in [5.74, 6) is 1.26. The largest absolute Gasteiger partial charge is 0.484 e. The molecular formula is C21H30N2O3. The van der Waals surface area contributed by atoms with Gasteiger partial charge in [0, 0.05) is 32.1 Å². The van der Waals surface area contributed by atoms with Gasteiger partial charge >= 0.3 is 0 Å². The lowest BCUT2D eigenvalue weighted by Gasteiger charge is -2.37. The van der Waals surface area contributed by atoms with E-state index < -0.39 is 0 Å². The van der Waals surface area contributed by atoms with Gasteiger partial charge in [0.15, 0.2) is 6.61 Å². The number of aryl methyl sites for hydroxylation is 2. The number of ether oxygens (including phenoxy) is 1. The highest BCUT2D eigenvalue weighted by atomic mass is 16.5. The molecule has 1 saturated heterocycles. The number of benzene rings is 1. The third-order valence-corrected chi connectivity index (χ3v) is 5.58. The fraction of sp³-hybridized carbons (Fsp3) is 0.619. The Kier molecular flexibility index (Phi) is 6.17. The molecule has 0 N–H and O–H groups in total. The van der Waals surface area contributed by atoms with Crippen LogP contribution >= 0.6 is 0 Å². The van der Waals surface area contributed by atoms with E-state index in [9.17, 15) is 9.59 Å². The topological polar surface area (TPSA) is 49.9 Å². The summed E-state index contributed by atoms with van der Waals surface area (Å²) < 4.78 is 5.70. The molecule has 2 fully saturated rings. The summed E-state index contributed by atoms with van der Waals surface area (Å²) >= 11 is 0. The number of hydrogen-bond donors (Lipinski definition) is 0. The maximum absolute atomic E-state index is 12.6. The molecule has 2 amide bonds. The first-order valence-electron chi connectivity index (χ1n) is 9.81. The van der Waals surface area contributed by atoms with E-state index in [0.717, 1.165) is 24.2 Å². The number of carbonyl (C=O) groups excluding carboxylic acids is 2. The quantitative estimate of drug-likeness (QED) is 0.831. The molecule has 5 nitrogen and oxygen atoms in total. The summed E-state index contributed by atoms with van der Waals surface area (Å²) in [6, 6.07) is 5.95. The third kappa shape index (κ3) is 4.57. The second-order valence-electron chi connectivity index (χ2n) is 7.60. The predicted molar refractivity (Wildman–Crippen MR) is 101 cm³/mol. The highest BCUT2D eigenvalue weighted by molar-refractivity contribution is 5.80. The lowest BCUT2D eigenvalue weighted by Crippen LogP contribution is -2.53. The van der Waals surface area contributed by atoms with Crippen LogP contribution in [0.1, 0.15) is 43.2 Å². The zero-order valence-electron chi connectivity index (χ0n) is 16.0. The van der Waals surface area contributed by atoms with E-state index in [0.29, 0.717) is 32.1 Å². The molecule has 0 atom stereocenters. The number of carbonyl (C=O) groups is 2. The van der Waals surface area contributed by atoms with Gasteiger partial charge in [-0.1, -0.05) is 37.0 Å². The average Bonchev–Trinajstić information content (AvgIpc) is 2.67. The van der Waals surface area contributed by atoms with Gasteiger partial charge in [0.05, 0.1) is 0 Å². The second-order valence-corrected chi connectivity index (χ2v) is 7.60. The molecular weight excluding hydrogens is 328 g/mol. The summed E-state index contributed by atoms with van der Waals surface area (Å²) in [5, 5.41) is 0. The molecule has 1 heterocycles. The zero-order valence-corrected chi connectivity index (χ0v) is 16.0. The van der Waals surface area contributed by atoms with Crippen molar-refractivity contribution in [2.24, 2.45) is 5.92 Å². The van der Waals surface area contributed by atoms with E-state index in [1.54, 1.807) is 0 Å². The molecule has 0 spiro atoms. The Labute approximate surface area is 156 Å². The van der Waals surface area contributed by atoms with Crippen molar-refractivity contribution in [1.82, 2.24) is 9.80 Å². The molecule has 0 radical (unpaired) electrons. The van der Waals surface area contributed by atoms with Gasteiger partial charge in [0.25, 0.3) is 5.91 Å². The van der Waals surface area contributed by atoms with Crippen LogP contribution in [-0.4, -0.2) is 54.4 Å². The molecule has 142 valence electrons. The fourth-order valence-electron chi connectivity index (χ4n) is 3.98. The van der Waals surface area contributed by atoms with Crippen LogP contribution in [0.5, 0.6) is 5.75 Å². The van der Waals surface area contributed by atoms with Crippen molar-refractivity contribution in [2.75, 3.05) is 32.8 Å². The Balaban J connectivity index is 1.45. The Hall–Kier alpha value is -2.04. The van der Waals surface area contributed by atoms with Crippen molar-refractivity contribution >= 4 is 11.8 Å². The molecule has 0 aromatic heterocycles. The van der Waals surface area contributed by atoms with Gasteiger partial charge in [0.2, 0.25) is 5.91 Å². The number of nitrogens with zero attached hydrogens (tertiary/aromatic N) is 2. The van der Waals surface area contributed by atoms with Crippen molar-refractivity contribution in [3.05, 3.63) is 29.3 Å². The lowest BCUT2D eigenvalue weighted by molar-refractivity contribution is -0.143. The molecule has 1 aliphatic heterocycles. The van der Waals surface area contributed by atoms with Crippen LogP contribution in [0.15, 0.2) is 18.2 Å². The van der Waals surface area contributed by atoms with Crippen LogP contribution in [0.2, 0.25) is 0 Å². The predicted octanol–water partition coefficient (Wildman–Crippen LogP) is 2.93. The van der Waals surface area contributed by atoms with Crippen molar-refractivity contribution < 1.29 is 14.3 Å². The van der Waals surface area contributed by atoms with Crippen LogP contribution < -0.4 is 4.74 Å². The summed E-state index contributed by atoms with van der Waals surface area (Å²) in [6.07, 6.45) is 5.66. The highest BCUT2D eigenvalue weighted by Gasteiger charge is 2.29. The molecule has 0 unspecified atom stereocenters. The molecule has 1 aromatic carbocycles. The minimum absolute atomic E-state index is 0.00487. The molecule has 5 heteroatoms. The molecule has 1 saturated carbocycles. The minimum atomic E-state index is -0.00487. The van der Waals surface area contributed by atoms with E-state index >= 15 is 0 Å². The van der Waals surface area contributed by atoms with Crippen molar-refractivity contribution in [3.63, 3.8) is 0 Å². The van der Waals surface area contributed by atoms with Crippen LogP contribution in [0.3, 0.4) is 0 Å². The number of rotatable bonds is 4. The smallest absolute Gasteiger partial charge is 0.260 e. The molecule has 26 heavy (non-hydrogen) atoms. The van der Waals surface area contributed by atoms with Crippen LogP contribution in [-0.2, 0) is 9.59 Å². The van der Waals surface area contributed by atoms with E-state index in [2.05, 4.69) is 6.07 Å². The minimum Gasteiger partial charge on any atom is -0.484 e. The Morgan fingerprint density at radius 2 is 1.65 bits per heavy atom. The van der Waals surface area contributed by atoms with E-state index in [-0.39, 0.29) is 18.4 Å². The number of amides is 2. The van der Waals surface area contributed by atoms with E-state index in [1.165, 1.54) is 24.8 Å². The SMILES string of the molecule is Cc1ccc(OCC(=O)N2CCN(C(=O)C3CCCCC3)CC2)c(C)c1. The first-order valence-corrected chi connectivity index (χ1v) is 9.81. The van der Waals surface area contributed by atoms with Crippen LogP contribution in [0, 0.1) is 19.8 Å². The van der Waals surface area contributed by atoms with Crippen LogP contribution in [0.25, 0.3) is 0 Å². The van der Waals surface area contributed by atoms with Crippen molar-refractivity contribution in [2.45, 2.75) is 46.0 Å². The molecule has 1 aliphatic carbocycles. The standard InChI is InChI=1S/C21H30N2O3/c1-16-8-9-19(17(2)14-16)26-15-20(24)22-10-12-23(13-11-22)21(25)18-6-4-3-5-7-18/h8-9,14,18H,3-7,10-13,15H2,1-2H3. The maximum Gasteiger partial charge on any atom is 0.260 e. The van der Waals surface area contributed by atoms with Gasteiger partial charge in [-0.2, -0.15) is 0 Å². The van der Waals surface area contributed by atoms with Gasteiger partial charge < -0.3 is 14.5 Å². The summed E-state index contributed by atoms with van der Waals surface area (Å²) in [6.45, 7) is 6.58. The van der Waals surface area contributed by atoms with Gasteiger partial charge in [-0.15, -0.1) is 0 Å². The maximum atomic E-state index is 12.6. The van der Waals surface area contributed by atoms with Gasteiger partial charge in [-0.3, -0.25) is 9.59 Å². The summed E-state index contributed by atoms with van der Waals surface area (Å²) in [7, 11) is 0. The molecule has 3 rings (SSSR count). The van der Waals surface area contributed by atoms with Gasteiger partial charge in [0.1, 0.15) is 5.75 Å². The summed E-state index contributed by atoms with van der Waals surface area (Å²) in [4.78, 5) is 28.8. The molecule has 1 aromatic rings. The normalized spacial score (nSPS) is 18.7. The highest BCUT2D eigenvalue weighted by Crippen LogP contribution is 2.26. The zero-order chi connectivity index (χ0) is 18.5. The number of hydrogen-bond acceptors (Lipinski definition) is 3. The van der Waals surface area contributed by atoms with Gasteiger partial charge in [-0.05, 0) is 38.3 Å². The molecule has 2 aliphatic rings. The Morgan fingerprint density at radius 1 is 1.00 bits per heavy atom.